The lowest BCUT2D eigenvalue weighted by atomic mass is 9.42. The zero-order valence-electron chi connectivity index (χ0n) is 49.3. The third kappa shape index (κ3) is 6.37. The van der Waals surface area contributed by atoms with E-state index < -0.39 is 14.0 Å². The van der Waals surface area contributed by atoms with E-state index in [1.54, 1.807) is 0 Å². The Hall–Kier alpha value is -9.14. The zero-order chi connectivity index (χ0) is 57.1. The highest BCUT2D eigenvalue weighted by molar-refractivity contribution is 6.33. The summed E-state index contributed by atoms with van der Waals surface area (Å²) in [5, 5.41) is 5.12. The van der Waals surface area contributed by atoms with Gasteiger partial charge in [0.25, 0.3) is 0 Å². The molecule has 0 saturated heterocycles. The molecule has 8 nitrogen and oxygen atoms in total. The van der Waals surface area contributed by atoms with Gasteiger partial charge in [-0.2, -0.15) is 0 Å². The van der Waals surface area contributed by atoms with E-state index >= 15 is 0 Å². The van der Waals surface area contributed by atoms with Crippen molar-refractivity contribution >= 4 is 88.2 Å². The number of aryl methyl sites for hydroxylation is 2. The fourth-order valence-electron chi connectivity index (χ4n) is 16.0. The third-order valence-electron chi connectivity index (χ3n) is 18.8. The second-order valence-corrected chi connectivity index (χ2v) is 22.7. The number of anilines is 4. The molecule has 0 N–H and O–H groups in total. The fraction of sp³-hybridized carbons (Fsp3) is 0.183. The Morgan fingerprint density at radius 2 is 1.14 bits per heavy atom. The van der Waals surface area contributed by atoms with Crippen LogP contribution in [-0.4, -0.2) is 30.3 Å². The van der Waals surface area contributed by atoms with Gasteiger partial charge < -0.3 is 23.7 Å². The molecule has 1 aliphatic heterocycles. The SMILES string of the molecule is [2H]C([2H])([2H])n1c2ccccc2c2c(-c3ccccc3)c3c4ccccc4n(C([2H])([2H])[2H])c3c(N3CN(c4cccc(Oc5ccc6c7ccncc7n(-c7cc(C8(c9ccccc9)C9CC%10CC(C9)CC8C%10)ccn7)c6c5)c4)c4ccccc43)c21. The normalized spacial score (nSPS) is 21.9. The van der Waals surface area contributed by atoms with E-state index in [0.29, 0.717) is 51.1 Å². The van der Waals surface area contributed by atoms with Gasteiger partial charge in [0.15, 0.2) is 0 Å². The molecule has 0 unspecified atom stereocenters. The summed E-state index contributed by atoms with van der Waals surface area (Å²) >= 11 is 0. The number of para-hydroxylation sites is 4. The molecule has 18 rings (SSSR count). The minimum atomic E-state index is -2.67. The van der Waals surface area contributed by atoms with Gasteiger partial charge in [-0.05, 0) is 139 Å². The summed E-state index contributed by atoms with van der Waals surface area (Å²) < 4.78 is 67.9. The Labute approximate surface area is 466 Å². The Kier molecular flexibility index (Phi) is 8.41. The van der Waals surface area contributed by atoms with Crippen LogP contribution in [0.4, 0.5) is 22.7 Å². The molecule has 6 heterocycles. The van der Waals surface area contributed by atoms with Crippen LogP contribution in [0.3, 0.4) is 0 Å². The molecule has 8 heteroatoms. The van der Waals surface area contributed by atoms with Crippen LogP contribution in [0.1, 0.15) is 51.5 Å². The lowest BCUT2D eigenvalue weighted by molar-refractivity contribution is -0.0418. The minimum absolute atomic E-state index is 0.0868. The molecule has 4 saturated carbocycles. The van der Waals surface area contributed by atoms with Gasteiger partial charge in [0.1, 0.15) is 24.0 Å². The maximum atomic E-state index is 9.29. The van der Waals surface area contributed by atoms with E-state index in [2.05, 4.69) is 86.1 Å². The van der Waals surface area contributed by atoms with E-state index in [1.165, 1.54) is 52.4 Å². The van der Waals surface area contributed by atoms with E-state index in [-0.39, 0.29) is 12.1 Å². The number of pyridine rings is 2. The molecule has 0 amide bonds. The smallest absolute Gasteiger partial charge is 0.137 e. The predicted octanol–water partition coefficient (Wildman–Crippen LogP) is 17.3. The predicted molar refractivity (Wildman–Crippen MR) is 323 cm³/mol. The Balaban J connectivity index is 0.804. The molecule has 0 radical (unpaired) electrons. The van der Waals surface area contributed by atoms with E-state index in [4.69, 9.17) is 9.72 Å². The quantitative estimate of drug-likeness (QED) is 0.152. The standard InChI is InChI=1S/C71H57N7O/c1-74-58-24-11-9-22-56(58)66-65(46-16-5-3-6-17-46)67-57-23-10-12-25-59(57)75(2)69(67)70(68(66)74)77-43-76(60-26-13-14-27-61(60)77)51-20-15-21-52(40-51)79-53-28-29-54-55-31-32-72-42-63(55)78(62(54)41-53)64-39-48(30-33-73-64)71(47-18-7-4-8-19-47)49-35-44-34-45(37-49)38-50(71)36-44/h3-33,39-42,44-45,49-50H,34-38,43H2,1-2H3/i1D3,2D3. The summed E-state index contributed by atoms with van der Waals surface area (Å²) in [6.07, 6.45) is 12.3. The number of rotatable bonds is 8. The number of hydrogen-bond donors (Lipinski definition) is 0. The highest BCUT2D eigenvalue weighted by atomic mass is 16.5. The topological polar surface area (TPSA) is 56.3 Å². The molecule has 4 fully saturated rings. The number of fused-ring (bicyclic) bond motifs is 10. The lowest BCUT2D eigenvalue weighted by Gasteiger charge is -2.62. The largest absolute Gasteiger partial charge is 0.457 e. The molecule has 5 aromatic heterocycles. The van der Waals surface area contributed by atoms with Crippen molar-refractivity contribution in [1.82, 2.24) is 23.7 Å². The van der Waals surface area contributed by atoms with Crippen LogP contribution in [0, 0.1) is 23.7 Å². The van der Waals surface area contributed by atoms with E-state index in [0.717, 1.165) is 89.2 Å². The molecule has 4 aliphatic carbocycles. The van der Waals surface area contributed by atoms with Crippen LogP contribution < -0.4 is 14.5 Å². The monoisotopic (exact) mass is 1030 g/mol. The molecule has 0 atom stereocenters. The van der Waals surface area contributed by atoms with Gasteiger partial charge in [-0.25, -0.2) is 4.98 Å². The van der Waals surface area contributed by atoms with Crippen molar-refractivity contribution in [3.8, 4) is 28.4 Å². The molecule has 5 aliphatic rings. The van der Waals surface area contributed by atoms with Crippen molar-refractivity contribution in [3.63, 3.8) is 0 Å². The third-order valence-corrected chi connectivity index (χ3v) is 18.8. The minimum Gasteiger partial charge on any atom is -0.457 e. The molecule has 4 bridgehead atoms. The second-order valence-electron chi connectivity index (χ2n) is 22.7. The van der Waals surface area contributed by atoms with Crippen molar-refractivity contribution in [2.45, 2.75) is 37.5 Å². The molecule has 0 spiro atoms. The van der Waals surface area contributed by atoms with Crippen molar-refractivity contribution < 1.29 is 13.0 Å². The van der Waals surface area contributed by atoms with Crippen molar-refractivity contribution in [2.75, 3.05) is 16.5 Å². The van der Waals surface area contributed by atoms with Crippen LogP contribution in [0.25, 0.3) is 82.4 Å². The number of benzene rings is 8. The van der Waals surface area contributed by atoms with Crippen molar-refractivity contribution in [3.05, 3.63) is 224 Å². The first-order valence-corrected chi connectivity index (χ1v) is 27.8. The first kappa shape index (κ1) is 39.3. The highest BCUT2D eigenvalue weighted by Gasteiger charge is 2.58. The van der Waals surface area contributed by atoms with E-state index in [9.17, 15) is 8.22 Å². The van der Waals surface area contributed by atoms with Gasteiger partial charge in [0.05, 0.1) is 45.3 Å². The molecular weight excluding hydrogens is 967 g/mol. The maximum Gasteiger partial charge on any atom is 0.137 e. The van der Waals surface area contributed by atoms with Crippen LogP contribution in [-0.2, 0) is 19.4 Å². The number of ether oxygens (including phenoxy) is 1. The van der Waals surface area contributed by atoms with Gasteiger partial charge in [-0.1, -0.05) is 115 Å². The summed E-state index contributed by atoms with van der Waals surface area (Å²) in [5.74, 6) is 4.92. The van der Waals surface area contributed by atoms with Crippen LogP contribution in [0.5, 0.6) is 11.5 Å². The fourth-order valence-corrected chi connectivity index (χ4v) is 16.0. The van der Waals surface area contributed by atoms with Gasteiger partial charge in [-0.15, -0.1) is 0 Å². The second kappa shape index (κ2) is 16.9. The first-order valence-electron chi connectivity index (χ1n) is 30.8. The average molecular weight is 1030 g/mol. The van der Waals surface area contributed by atoms with Gasteiger partial charge in [0.2, 0.25) is 0 Å². The first-order chi connectivity index (χ1) is 41.4. The highest BCUT2D eigenvalue weighted by Crippen LogP contribution is 2.65. The molecular formula is C71H57N7O. The van der Waals surface area contributed by atoms with Gasteiger partial charge >= 0.3 is 0 Å². The Morgan fingerprint density at radius 1 is 0.506 bits per heavy atom. The summed E-state index contributed by atoms with van der Waals surface area (Å²) in [4.78, 5) is 14.1. The molecule has 13 aromatic rings. The van der Waals surface area contributed by atoms with Gasteiger partial charge in [-0.3, -0.25) is 9.55 Å². The van der Waals surface area contributed by atoms with Crippen molar-refractivity contribution in [2.24, 2.45) is 37.6 Å². The summed E-state index contributed by atoms with van der Waals surface area (Å²) in [7, 11) is 0. The maximum absolute atomic E-state index is 9.29. The van der Waals surface area contributed by atoms with Gasteiger partial charge in [0, 0.05) is 107 Å². The number of hydrogen-bond acceptors (Lipinski definition) is 5. The molecule has 79 heavy (non-hydrogen) atoms. The van der Waals surface area contributed by atoms with Crippen LogP contribution >= 0.6 is 0 Å². The Morgan fingerprint density at radius 3 is 1.85 bits per heavy atom. The molecule has 382 valence electrons. The van der Waals surface area contributed by atoms with Crippen LogP contribution in [0.2, 0.25) is 0 Å². The lowest BCUT2D eigenvalue weighted by Crippen LogP contribution is -2.56. The van der Waals surface area contributed by atoms with E-state index in [1.807, 2.05) is 146 Å². The molecule has 8 aromatic carbocycles. The van der Waals surface area contributed by atoms with Crippen LogP contribution in [0.15, 0.2) is 213 Å². The van der Waals surface area contributed by atoms with Crippen molar-refractivity contribution in [1.29, 1.82) is 0 Å². The average Bonchev–Trinajstić information content (AvgIpc) is 1.64. The summed E-state index contributed by atoms with van der Waals surface area (Å²) in [6, 6.07) is 65.6. The Bertz CT molecular complexity index is 4730. The summed E-state index contributed by atoms with van der Waals surface area (Å²) in [5.41, 5.74) is 11.1. The number of aromatic nitrogens is 5. The summed E-state index contributed by atoms with van der Waals surface area (Å²) in [6.45, 7) is -5.13. The zero-order valence-corrected chi connectivity index (χ0v) is 43.3. The number of nitrogens with zero attached hydrogens (tertiary/aromatic N) is 7.